The first kappa shape index (κ1) is 13.6. The Hall–Kier alpha value is -1.43. The summed E-state index contributed by atoms with van der Waals surface area (Å²) in [5.74, 6) is -0.247. The maximum absolute atomic E-state index is 12.1. The Morgan fingerprint density at radius 2 is 1.94 bits per heavy atom. The summed E-state index contributed by atoms with van der Waals surface area (Å²) >= 11 is 0. The smallest absolute Gasteiger partial charge is 0.404 e. The standard InChI is InChI=1S/C11H14F3NO2/c1-8(7-16-2)15-9-5-3-4-6-10(9)17-11(12,13)14/h3-6,8,15H,7H2,1-2H3. The third-order valence-electron chi connectivity index (χ3n) is 1.93. The third kappa shape index (κ3) is 4.95. The summed E-state index contributed by atoms with van der Waals surface area (Å²) in [7, 11) is 1.52. The number of alkyl halides is 3. The molecule has 1 rings (SSSR count). The Balaban J connectivity index is 2.77. The van der Waals surface area contributed by atoms with Gasteiger partial charge in [-0.15, -0.1) is 13.2 Å². The fourth-order valence-electron chi connectivity index (χ4n) is 1.36. The molecule has 0 heterocycles. The number of hydrogen-bond acceptors (Lipinski definition) is 3. The number of nitrogens with one attached hydrogen (secondary N) is 1. The van der Waals surface area contributed by atoms with Crippen molar-refractivity contribution in [2.24, 2.45) is 0 Å². The van der Waals surface area contributed by atoms with Gasteiger partial charge in [0.1, 0.15) is 0 Å². The molecular formula is C11H14F3NO2. The molecule has 17 heavy (non-hydrogen) atoms. The van der Waals surface area contributed by atoms with E-state index in [2.05, 4.69) is 10.1 Å². The van der Waals surface area contributed by atoms with Crippen molar-refractivity contribution in [1.82, 2.24) is 0 Å². The SMILES string of the molecule is COCC(C)Nc1ccccc1OC(F)(F)F. The third-order valence-corrected chi connectivity index (χ3v) is 1.93. The van der Waals surface area contributed by atoms with E-state index in [0.29, 0.717) is 6.61 Å². The largest absolute Gasteiger partial charge is 0.573 e. The molecule has 0 aliphatic rings. The number of rotatable bonds is 5. The zero-order valence-corrected chi connectivity index (χ0v) is 9.54. The van der Waals surface area contributed by atoms with Crippen molar-refractivity contribution in [3.63, 3.8) is 0 Å². The lowest BCUT2D eigenvalue weighted by Crippen LogP contribution is -2.23. The highest BCUT2D eigenvalue weighted by Crippen LogP contribution is 2.30. The van der Waals surface area contributed by atoms with E-state index in [1.165, 1.54) is 25.3 Å². The Morgan fingerprint density at radius 3 is 2.53 bits per heavy atom. The van der Waals surface area contributed by atoms with Crippen LogP contribution in [0.5, 0.6) is 5.75 Å². The van der Waals surface area contributed by atoms with E-state index in [4.69, 9.17) is 4.74 Å². The number of anilines is 1. The molecule has 0 saturated carbocycles. The molecule has 1 unspecified atom stereocenters. The molecule has 1 aromatic carbocycles. The molecule has 1 atom stereocenters. The highest BCUT2D eigenvalue weighted by molar-refractivity contribution is 5.56. The van der Waals surface area contributed by atoms with Crippen molar-refractivity contribution in [3.05, 3.63) is 24.3 Å². The molecule has 0 amide bonds. The van der Waals surface area contributed by atoms with Crippen molar-refractivity contribution in [2.45, 2.75) is 19.3 Å². The molecule has 96 valence electrons. The summed E-state index contributed by atoms with van der Waals surface area (Å²) in [4.78, 5) is 0. The predicted molar refractivity (Wildman–Crippen MR) is 58.1 cm³/mol. The van der Waals surface area contributed by atoms with Crippen molar-refractivity contribution >= 4 is 5.69 Å². The van der Waals surface area contributed by atoms with Gasteiger partial charge in [0.25, 0.3) is 0 Å². The average Bonchev–Trinajstić information content (AvgIpc) is 2.19. The molecule has 0 fully saturated rings. The molecule has 0 bridgehead atoms. The fraction of sp³-hybridized carbons (Fsp3) is 0.455. The number of hydrogen-bond donors (Lipinski definition) is 1. The Morgan fingerprint density at radius 1 is 1.29 bits per heavy atom. The number of methoxy groups -OCH3 is 1. The van der Waals surface area contributed by atoms with Crippen LogP contribution in [-0.2, 0) is 4.74 Å². The van der Waals surface area contributed by atoms with Gasteiger partial charge >= 0.3 is 6.36 Å². The van der Waals surface area contributed by atoms with E-state index in [1.54, 1.807) is 13.0 Å². The number of ether oxygens (including phenoxy) is 2. The zero-order valence-electron chi connectivity index (χ0n) is 9.54. The normalized spacial score (nSPS) is 13.2. The lowest BCUT2D eigenvalue weighted by atomic mass is 10.2. The molecule has 1 aromatic rings. The minimum atomic E-state index is -4.69. The van der Waals surface area contributed by atoms with E-state index >= 15 is 0 Å². The van der Waals surface area contributed by atoms with Crippen molar-refractivity contribution < 1.29 is 22.6 Å². The summed E-state index contributed by atoms with van der Waals surface area (Å²) < 4.78 is 45.2. The van der Waals surface area contributed by atoms with Crippen molar-refractivity contribution in [2.75, 3.05) is 19.0 Å². The van der Waals surface area contributed by atoms with Gasteiger partial charge in [-0.05, 0) is 19.1 Å². The summed E-state index contributed by atoms with van der Waals surface area (Å²) in [6.45, 7) is 2.19. The summed E-state index contributed by atoms with van der Waals surface area (Å²) in [6.07, 6.45) is -4.69. The molecular weight excluding hydrogens is 235 g/mol. The first-order valence-electron chi connectivity index (χ1n) is 5.02. The van der Waals surface area contributed by atoms with Crippen LogP contribution in [0, 0.1) is 0 Å². The Bertz CT molecular complexity index is 355. The second kappa shape index (κ2) is 5.77. The van der Waals surface area contributed by atoms with E-state index < -0.39 is 6.36 Å². The maximum Gasteiger partial charge on any atom is 0.573 e. The minimum Gasteiger partial charge on any atom is -0.404 e. The fourth-order valence-corrected chi connectivity index (χ4v) is 1.36. The molecule has 0 radical (unpaired) electrons. The molecule has 0 aromatic heterocycles. The second-order valence-electron chi connectivity index (χ2n) is 3.54. The topological polar surface area (TPSA) is 30.5 Å². The molecule has 1 N–H and O–H groups in total. The first-order chi connectivity index (χ1) is 7.92. The van der Waals surface area contributed by atoms with Crippen LogP contribution in [0.2, 0.25) is 0 Å². The maximum atomic E-state index is 12.1. The number of para-hydroxylation sites is 2. The summed E-state index contributed by atoms with van der Waals surface area (Å²) in [5.41, 5.74) is 0.286. The lowest BCUT2D eigenvalue weighted by Gasteiger charge is -2.18. The van der Waals surface area contributed by atoms with E-state index in [1.807, 2.05) is 0 Å². The van der Waals surface area contributed by atoms with Gasteiger partial charge in [0, 0.05) is 13.2 Å². The summed E-state index contributed by atoms with van der Waals surface area (Å²) in [6, 6.07) is 5.78. The highest BCUT2D eigenvalue weighted by Gasteiger charge is 2.32. The van der Waals surface area contributed by atoms with Crippen LogP contribution in [0.25, 0.3) is 0 Å². The van der Waals surface area contributed by atoms with Crippen LogP contribution >= 0.6 is 0 Å². The summed E-state index contributed by atoms with van der Waals surface area (Å²) in [5, 5.41) is 2.88. The number of benzene rings is 1. The van der Waals surface area contributed by atoms with Gasteiger partial charge in [0.15, 0.2) is 5.75 Å². The quantitative estimate of drug-likeness (QED) is 0.870. The van der Waals surface area contributed by atoms with Gasteiger partial charge in [-0.2, -0.15) is 0 Å². The highest BCUT2D eigenvalue weighted by atomic mass is 19.4. The van der Waals surface area contributed by atoms with Gasteiger partial charge < -0.3 is 14.8 Å². The molecule has 0 aliphatic heterocycles. The number of halogens is 3. The average molecular weight is 249 g/mol. The molecule has 0 aliphatic carbocycles. The van der Waals surface area contributed by atoms with Gasteiger partial charge in [0.05, 0.1) is 12.3 Å². The molecule has 0 saturated heterocycles. The molecule has 6 heteroatoms. The minimum absolute atomic E-state index is 0.113. The lowest BCUT2D eigenvalue weighted by molar-refractivity contribution is -0.274. The monoisotopic (exact) mass is 249 g/mol. The van der Waals surface area contributed by atoms with E-state index in [-0.39, 0.29) is 17.5 Å². The predicted octanol–water partition coefficient (Wildman–Crippen LogP) is 3.03. The first-order valence-corrected chi connectivity index (χ1v) is 5.02. The van der Waals surface area contributed by atoms with Crippen molar-refractivity contribution in [1.29, 1.82) is 0 Å². The zero-order chi connectivity index (χ0) is 12.9. The van der Waals surface area contributed by atoms with Crippen LogP contribution < -0.4 is 10.1 Å². The van der Waals surface area contributed by atoms with Crippen molar-refractivity contribution in [3.8, 4) is 5.75 Å². The van der Waals surface area contributed by atoms with E-state index in [0.717, 1.165) is 0 Å². The molecule has 0 spiro atoms. The van der Waals surface area contributed by atoms with E-state index in [9.17, 15) is 13.2 Å². The Kier molecular flexibility index (Phi) is 4.62. The van der Waals surface area contributed by atoms with Crippen LogP contribution in [0.15, 0.2) is 24.3 Å². The second-order valence-corrected chi connectivity index (χ2v) is 3.54. The van der Waals surface area contributed by atoms with Crippen LogP contribution in [0.3, 0.4) is 0 Å². The van der Waals surface area contributed by atoms with Gasteiger partial charge in [0.2, 0.25) is 0 Å². The van der Waals surface area contributed by atoms with Crippen LogP contribution in [0.4, 0.5) is 18.9 Å². The molecule has 3 nitrogen and oxygen atoms in total. The Labute approximate surface area is 97.5 Å². The van der Waals surface area contributed by atoms with Gasteiger partial charge in [-0.25, -0.2) is 0 Å². The van der Waals surface area contributed by atoms with Crippen LogP contribution in [0.1, 0.15) is 6.92 Å². The van der Waals surface area contributed by atoms with Gasteiger partial charge in [-0.1, -0.05) is 12.1 Å². The van der Waals surface area contributed by atoms with Gasteiger partial charge in [-0.3, -0.25) is 0 Å². The van der Waals surface area contributed by atoms with Crippen LogP contribution in [-0.4, -0.2) is 26.1 Å².